The summed E-state index contributed by atoms with van der Waals surface area (Å²) in [6.45, 7) is 7.64. The summed E-state index contributed by atoms with van der Waals surface area (Å²) in [6, 6.07) is 2.17. The van der Waals surface area contributed by atoms with Crippen LogP contribution >= 0.6 is 27.3 Å². The third kappa shape index (κ3) is 4.23. The second kappa shape index (κ2) is 5.99. The van der Waals surface area contributed by atoms with Gasteiger partial charge in [-0.1, -0.05) is 13.8 Å². The lowest BCUT2D eigenvalue weighted by Gasteiger charge is -2.14. The summed E-state index contributed by atoms with van der Waals surface area (Å²) in [4.78, 5) is 1.30. The molecule has 1 aromatic rings. The Morgan fingerprint density at radius 2 is 2.20 bits per heavy atom. The summed E-state index contributed by atoms with van der Waals surface area (Å²) in [5.41, 5.74) is 1.28. The first-order chi connectivity index (χ1) is 7.00. The molecule has 1 atom stereocenters. The van der Waals surface area contributed by atoms with Crippen LogP contribution in [0, 0.1) is 12.8 Å². The van der Waals surface area contributed by atoms with Gasteiger partial charge in [0, 0.05) is 18.0 Å². The highest BCUT2D eigenvalue weighted by molar-refractivity contribution is 9.11. The molecule has 0 fully saturated rings. The maximum atomic E-state index is 9.60. The van der Waals surface area contributed by atoms with E-state index >= 15 is 0 Å². The van der Waals surface area contributed by atoms with Crippen LogP contribution in [0.2, 0.25) is 0 Å². The molecule has 0 aliphatic heterocycles. The fraction of sp³-hybridized carbons (Fsp3) is 0.636. The van der Waals surface area contributed by atoms with Gasteiger partial charge in [0.05, 0.1) is 9.89 Å². The first-order valence-corrected chi connectivity index (χ1v) is 6.75. The van der Waals surface area contributed by atoms with Crippen LogP contribution in [-0.2, 0) is 6.54 Å². The molecule has 0 saturated heterocycles. The molecular weight excluding hydrogens is 274 g/mol. The average Bonchev–Trinajstić information content (AvgIpc) is 2.46. The SMILES string of the molecule is Cc1cc(CNCC(O)C(C)C)sc1Br. The molecule has 2 nitrogen and oxygen atoms in total. The van der Waals surface area contributed by atoms with E-state index in [9.17, 15) is 5.11 Å². The van der Waals surface area contributed by atoms with Crippen LogP contribution in [0.15, 0.2) is 9.85 Å². The third-order valence-corrected chi connectivity index (χ3v) is 4.47. The fourth-order valence-electron chi connectivity index (χ4n) is 1.19. The smallest absolute Gasteiger partial charge is 0.0730 e. The van der Waals surface area contributed by atoms with Crippen molar-refractivity contribution in [1.29, 1.82) is 0 Å². The Bertz CT molecular complexity index is 292. The van der Waals surface area contributed by atoms with E-state index in [-0.39, 0.29) is 6.10 Å². The topological polar surface area (TPSA) is 32.3 Å². The van der Waals surface area contributed by atoms with Crippen molar-refractivity contribution in [3.05, 3.63) is 20.3 Å². The molecule has 0 saturated carbocycles. The molecule has 1 aromatic heterocycles. The standard InChI is InChI=1S/C11H18BrNOS/c1-7(2)10(14)6-13-5-9-4-8(3)11(12)15-9/h4,7,10,13-14H,5-6H2,1-3H3. The lowest BCUT2D eigenvalue weighted by molar-refractivity contribution is 0.123. The Morgan fingerprint density at radius 1 is 1.53 bits per heavy atom. The first kappa shape index (κ1) is 13.2. The molecule has 0 radical (unpaired) electrons. The van der Waals surface area contributed by atoms with Crippen molar-refractivity contribution in [2.45, 2.75) is 33.4 Å². The molecule has 2 N–H and O–H groups in total. The number of thiophene rings is 1. The van der Waals surface area contributed by atoms with Crippen molar-refractivity contribution in [2.75, 3.05) is 6.54 Å². The lowest BCUT2D eigenvalue weighted by atomic mass is 10.1. The van der Waals surface area contributed by atoms with E-state index in [1.54, 1.807) is 11.3 Å². The van der Waals surface area contributed by atoms with Gasteiger partial charge in [0.25, 0.3) is 0 Å². The predicted molar refractivity (Wildman–Crippen MR) is 69.3 cm³/mol. The molecular formula is C11H18BrNOS. The highest BCUT2D eigenvalue weighted by atomic mass is 79.9. The molecule has 1 unspecified atom stereocenters. The number of hydrogen-bond acceptors (Lipinski definition) is 3. The Morgan fingerprint density at radius 3 is 2.67 bits per heavy atom. The summed E-state index contributed by atoms with van der Waals surface area (Å²) in [6.07, 6.45) is -0.255. The summed E-state index contributed by atoms with van der Waals surface area (Å²) in [5, 5.41) is 12.9. The van der Waals surface area contributed by atoms with Crippen molar-refractivity contribution in [3.63, 3.8) is 0 Å². The van der Waals surface area contributed by atoms with Gasteiger partial charge in [-0.2, -0.15) is 0 Å². The molecule has 0 amide bonds. The van der Waals surface area contributed by atoms with Gasteiger partial charge in [0.2, 0.25) is 0 Å². The average molecular weight is 292 g/mol. The van der Waals surface area contributed by atoms with Crippen LogP contribution in [0.5, 0.6) is 0 Å². The minimum Gasteiger partial charge on any atom is -0.392 e. The molecule has 1 heterocycles. The van der Waals surface area contributed by atoms with Crippen molar-refractivity contribution in [3.8, 4) is 0 Å². The van der Waals surface area contributed by atoms with Crippen LogP contribution in [0.25, 0.3) is 0 Å². The molecule has 0 aromatic carbocycles. The number of aliphatic hydroxyl groups excluding tert-OH is 1. The van der Waals surface area contributed by atoms with E-state index in [0.717, 1.165) is 6.54 Å². The Balaban J connectivity index is 2.32. The van der Waals surface area contributed by atoms with Crippen LogP contribution in [0.3, 0.4) is 0 Å². The Hall–Kier alpha value is 0.100. The summed E-state index contributed by atoms with van der Waals surface area (Å²) < 4.78 is 1.20. The quantitative estimate of drug-likeness (QED) is 0.874. The van der Waals surface area contributed by atoms with Crippen LogP contribution in [0.1, 0.15) is 24.3 Å². The van der Waals surface area contributed by atoms with E-state index in [2.05, 4.69) is 34.2 Å². The van der Waals surface area contributed by atoms with Crippen LogP contribution in [0.4, 0.5) is 0 Å². The molecule has 0 bridgehead atoms. The molecule has 0 spiro atoms. The number of aryl methyl sites for hydroxylation is 1. The number of hydrogen-bond donors (Lipinski definition) is 2. The van der Waals surface area contributed by atoms with Gasteiger partial charge in [-0.15, -0.1) is 11.3 Å². The fourth-order valence-corrected chi connectivity index (χ4v) is 2.79. The van der Waals surface area contributed by atoms with E-state index in [4.69, 9.17) is 0 Å². The third-order valence-electron chi connectivity index (χ3n) is 2.33. The minimum absolute atomic E-state index is 0.255. The second-order valence-corrected chi connectivity index (χ2v) is 6.57. The Kier molecular flexibility index (Phi) is 5.26. The molecule has 15 heavy (non-hydrogen) atoms. The van der Waals surface area contributed by atoms with E-state index in [0.29, 0.717) is 12.5 Å². The zero-order valence-corrected chi connectivity index (χ0v) is 11.8. The molecule has 4 heteroatoms. The maximum absolute atomic E-state index is 9.60. The second-order valence-electron chi connectivity index (χ2n) is 4.11. The lowest BCUT2D eigenvalue weighted by Crippen LogP contribution is -2.29. The van der Waals surface area contributed by atoms with Gasteiger partial charge < -0.3 is 10.4 Å². The molecule has 1 rings (SSSR count). The van der Waals surface area contributed by atoms with Gasteiger partial charge in [0.1, 0.15) is 0 Å². The number of aliphatic hydroxyl groups is 1. The zero-order valence-electron chi connectivity index (χ0n) is 9.38. The predicted octanol–water partition coefficient (Wildman–Crippen LogP) is 2.93. The van der Waals surface area contributed by atoms with Gasteiger partial charge in [-0.25, -0.2) is 0 Å². The molecule has 0 aliphatic rings. The summed E-state index contributed by atoms with van der Waals surface area (Å²) in [7, 11) is 0. The van der Waals surface area contributed by atoms with Crippen LogP contribution in [-0.4, -0.2) is 17.8 Å². The minimum atomic E-state index is -0.255. The van der Waals surface area contributed by atoms with Gasteiger partial charge in [-0.3, -0.25) is 0 Å². The number of nitrogens with one attached hydrogen (secondary N) is 1. The van der Waals surface area contributed by atoms with Gasteiger partial charge in [-0.05, 0) is 40.4 Å². The van der Waals surface area contributed by atoms with E-state index in [1.807, 2.05) is 13.8 Å². The number of rotatable bonds is 5. The first-order valence-electron chi connectivity index (χ1n) is 5.14. The van der Waals surface area contributed by atoms with Gasteiger partial charge >= 0.3 is 0 Å². The normalized spacial score (nSPS) is 13.5. The van der Waals surface area contributed by atoms with Crippen molar-refractivity contribution >= 4 is 27.3 Å². The number of halogens is 1. The summed E-state index contributed by atoms with van der Waals surface area (Å²) in [5.74, 6) is 0.314. The van der Waals surface area contributed by atoms with Gasteiger partial charge in [0.15, 0.2) is 0 Å². The highest BCUT2D eigenvalue weighted by Gasteiger charge is 2.08. The van der Waals surface area contributed by atoms with Crippen molar-refractivity contribution < 1.29 is 5.11 Å². The van der Waals surface area contributed by atoms with E-state index < -0.39 is 0 Å². The van der Waals surface area contributed by atoms with Crippen LogP contribution < -0.4 is 5.32 Å². The summed E-state index contributed by atoms with van der Waals surface area (Å²) >= 11 is 5.25. The van der Waals surface area contributed by atoms with Crippen molar-refractivity contribution in [1.82, 2.24) is 5.32 Å². The highest BCUT2D eigenvalue weighted by Crippen LogP contribution is 2.27. The largest absolute Gasteiger partial charge is 0.392 e. The molecule has 86 valence electrons. The zero-order chi connectivity index (χ0) is 11.4. The monoisotopic (exact) mass is 291 g/mol. The maximum Gasteiger partial charge on any atom is 0.0730 e. The Labute approximate surface area is 104 Å². The van der Waals surface area contributed by atoms with E-state index in [1.165, 1.54) is 14.2 Å². The molecule has 0 aliphatic carbocycles. The van der Waals surface area contributed by atoms with Crippen molar-refractivity contribution in [2.24, 2.45) is 5.92 Å².